The second-order valence-corrected chi connectivity index (χ2v) is 31.1. The minimum atomic E-state index is -4.96. The van der Waals surface area contributed by atoms with Crippen LogP contribution in [0, 0.1) is 23.7 Å². The first-order valence-electron chi connectivity index (χ1n) is 37.7. The zero-order valence-corrected chi connectivity index (χ0v) is 62.0. The summed E-state index contributed by atoms with van der Waals surface area (Å²) < 4.78 is 68.4. The first kappa shape index (κ1) is 90.1. The molecule has 0 heterocycles. The molecule has 0 spiro atoms. The lowest BCUT2D eigenvalue weighted by Gasteiger charge is -2.21. The molecule has 0 rings (SSSR count). The van der Waals surface area contributed by atoms with Crippen LogP contribution in [0.1, 0.15) is 364 Å². The molecule has 19 heteroatoms. The number of unbranched alkanes of at least 4 members (excludes halogenated alkanes) is 36. The summed E-state index contributed by atoms with van der Waals surface area (Å²) in [6.45, 7) is 14.1. The summed E-state index contributed by atoms with van der Waals surface area (Å²) in [5.41, 5.74) is 0. The molecule has 92 heavy (non-hydrogen) atoms. The maximum atomic E-state index is 13.1. The Morgan fingerprint density at radius 3 is 0.674 bits per heavy atom. The molecule has 0 bridgehead atoms. The van der Waals surface area contributed by atoms with Gasteiger partial charge in [0.1, 0.15) is 19.3 Å². The predicted octanol–water partition coefficient (Wildman–Crippen LogP) is 20.9. The van der Waals surface area contributed by atoms with E-state index in [0.717, 1.165) is 114 Å². The Labute approximate surface area is 562 Å². The highest BCUT2D eigenvalue weighted by Crippen LogP contribution is 2.45. The normalized spacial score (nSPS) is 14.2. The van der Waals surface area contributed by atoms with E-state index in [1.165, 1.54) is 161 Å². The first-order valence-corrected chi connectivity index (χ1v) is 40.7. The van der Waals surface area contributed by atoms with Gasteiger partial charge in [-0.05, 0) is 49.4 Å². The fourth-order valence-electron chi connectivity index (χ4n) is 11.0. The van der Waals surface area contributed by atoms with Crippen molar-refractivity contribution >= 4 is 39.5 Å². The van der Waals surface area contributed by atoms with Gasteiger partial charge in [-0.25, -0.2) is 9.13 Å². The van der Waals surface area contributed by atoms with E-state index in [4.69, 9.17) is 37.0 Å². The average molecular weight is 1350 g/mol. The van der Waals surface area contributed by atoms with Gasteiger partial charge in [-0.1, -0.05) is 312 Å². The van der Waals surface area contributed by atoms with Gasteiger partial charge in [0.05, 0.1) is 26.4 Å². The lowest BCUT2D eigenvalue weighted by Crippen LogP contribution is -2.30. The maximum absolute atomic E-state index is 13.1. The van der Waals surface area contributed by atoms with Crippen LogP contribution in [-0.4, -0.2) is 96.7 Å². The third-order valence-corrected chi connectivity index (χ3v) is 18.7. The van der Waals surface area contributed by atoms with Gasteiger partial charge >= 0.3 is 39.5 Å². The number of aliphatic hydroxyl groups excluding tert-OH is 1. The second kappa shape index (κ2) is 62.6. The van der Waals surface area contributed by atoms with Gasteiger partial charge in [0.25, 0.3) is 0 Å². The van der Waals surface area contributed by atoms with E-state index in [1.807, 2.05) is 0 Å². The topological polar surface area (TPSA) is 237 Å². The molecule has 0 saturated heterocycles. The highest BCUT2D eigenvalue weighted by atomic mass is 31.2. The molecule has 0 saturated carbocycles. The third-order valence-electron chi connectivity index (χ3n) is 16.8. The Kier molecular flexibility index (Phi) is 61.3. The highest BCUT2D eigenvalue weighted by molar-refractivity contribution is 7.47. The van der Waals surface area contributed by atoms with Crippen LogP contribution in [0.2, 0.25) is 0 Å². The minimum Gasteiger partial charge on any atom is -0.462 e. The minimum absolute atomic E-state index is 0.104. The average Bonchev–Trinajstić information content (AvgIpc) is 3.54. The standard InChI is InChI=1S/C73H142O17P2/c1-63(2)49-41-33-25-18-13-10-9-11-15-21-29-37-45-53-70(75)83-59-68(89-72(77)55-47-39-30-22-16-12-14-19-26-34-42-50-64(3)4)61-87-91(79,80)85-57-67(74)58-86-92(81,82)88-62-69(60-84-71(76)54-46-38-32-24-28-36-44-52-66(7)8)90-73(78)56-48-40-31-23-17-20-27-35-43-51-65(5)6/h63-69,74H,9-62H2,1-8H3,(H,79,80)(H,81,82)/t67?,68-,69-/m1/s1. The number of phosphoric acid groups is 2. The smallest absolute Gasteiger partial charge is 0.462 e. The summed E-state index contributed by atoms with van der Waals surface area (Å²) in [5.74, 6) is 0.872. The van der Waals surface area contributed by atoms with E-state index in [-0.39, 0.29) is 25.7 Å². The van der Waals surface area contributed by atoms with Crippen molar-refractivity contribution in [2.24, 2.45) is 23.7 Å². The molecule has 3 N–H and O–H groups in total. The molecule has 0 aliphatic carbocycles. The summed E-state index contributed by atoms with van der Waals surface area (Å²) >= 11 is 0. The predicted molar refractivity (Wildman–Crippen MR) is 372 cm³/mol. The Balaban J connectivity index is 5.25. The van der Waals surface area contributed by atoms with Crippen molar-refractivity contribution in [3.05, 3.63) is 0 Å². The molecule has 5 atom stereocenters. The van der Waals surface area contributed by atoms with Crippen LogP contribution in [-0.2, 0) is 65.4 Å². The zero-order valence-electron chi connectivity index (χ0n) is 60.2. The Morgan fingerprint density at radius 2 is 0.457 bits per heavy atom. The molecule has 17 nitrogen and oxygen atoms in total. The van der Waals surface area contributed by atoms with Gasteiger partial charge in [0, 0.05) is 25.7 Å². The van der Waals surface area contributed by atoms with E-state index in [0.29, 0.717) is 31.6 Å². The number of hydrogen-bond donors (Lipinski definition) is 3. The number of ether oxygens (including phenoxy) is 4. The molecule has 546 valence electrons. The van der Waals surface area contributed by atoms with Crippen LogP contribution in [0.5, 0.6) is 0 Å². The summed E-state index contributed by atoms with van der Waals surface area (Å²) in [6, 6.07) is 0. The second-order valence-electron chi connectivity index (χ2n) is 28.2. The van der Waals surface area contributed by atoms with Crippen molar-refractivity contribution in [2.75, 3.05) is 39.6 Å². The number of carbonyl (C=O) groups excluding carboxylic acids is 4. The molecule has 0 aliphatic rings. The molecule has 0 amide bonds. The van der Waals surface area contributed by atoms with Crippen LogP contribution in [0.4, 0.5) is 0 Å². The molecule has 0 aromatic heterocycles. The van der Waals surface area contributed by atoms with Crippen LogP contribution in [0.25, 0.3) is 0 Å². The molecule has 0 aliphatic heterocycles. The van der Waals surface area contributed by atoms with Crippen LogP contribution >= 0.6 is 15.6 Å². The highest BCUT2D eigenvalue weighted by Gasteiger charge is 2.30. The SMILES string of the molecule is CC(C)CCCCCCCCCCCCCCCC(=O)OC[C@H](COP(=O)(O)OCC(O)COP(=O)(O)OC[C@@H](COC(=O)CCCCCCCCCC(C)C)OC(=O)CCCCCCCCCCCC(C)C)OC(=O)CCCCCCCCCCCCCC(C)C. The fourth-order valence-corrected chi connectivity index (χ4v) is 12.6. The largest absolute Gasteiger partial charge is 0.472 e. The van der Waals surface area contributed by atoms with Crippen LogP contribution in [0.3, 0.4) is 0 Å². The van der Waals surface area contributed by atoms with Crippen molar-refractivity contribution < 1.29 is 80.2 Å². The van der Waals surface area contributed by atoms with Crippen molar-refractivity contribution in [3.63, 3.8) is 0 Å². The van der Waals surface area contributed by atoms with Crippen molar-refractivity contribution in [3.8, 4) is 0 Å². The molecule has 0 radical (unpaired) electrons. The molecule has 0 aromatic rings. The molecular weight excluding hydrogens is 1210 g/mol. The van der Waals surface area contributed by atoms with Crippen LogP contribution < -0.4 is 0 Å². The fraction of sp³-hybridized carbons (Fsp3) is 0.945. The summed E-state index contributed by atoms with van der Waals surface area (Å²) in [7, 11) is -9.91. The quantitative estimate of drug-likeness (QED) is 0.0222. The van der Waals surface area contributed by atoms with Gasteiger partial charge < -0.3 is 33.8 Å². The van der Waals surface area contributed by atoms with E-state index in [2.05, 4.69) is 55.4 Å². The number of aliphatic hydroxyl groups is 1. The van der Waals surface area contributed by atoms with Gasteiger partial charge in [0.2, 0.25) is 0 Å². The number of carbonyl (C=O) groups is 4. The van der Waals surface area contributed by atoms with E-state index < -0.39 is 97.5 Å². The number of phosphoric ester groups is 2. The third kappa shape index (κ3) is 66.7. The number of rotatable bonds is 70. The lowest BCUT2D eigenvalue weighted by molar-refractivity contribution is -0.161. The lowest BCUT2D eigenvalue weighted by atomic mass is 10.0. The molecular formula is C73H142O17P2. The van der Waals surface area contributed by atoms with Gasteiger partial charge in [-0.15, -0.1) is 0 Å². The molecule has 0 aromatic carbocycles. The van der Waals surface area contributed by atoms with Crippen LogP contribution in [0.15, 0.2) is 0 Å². The Hall–Kier alpha value is -1.94. The Morgan fingerprint density at radius 1 is 0.272 bits per heavy atom. The maximum Gasteiger partial charge on any atom is 0.472 e. The van der Waals surface area contributed by atoms with Crippen molar-refractivity contribution in [2.45, 2.75) is 382 Å². The Bertz CT molecular complexity index is 1820. The van der Waals surface area contributed by atoms with Crippen molar-refractivity contribution in [1.82, 2.24) is 0 Å². The monoisotopic (exact) mass is 1350 g/mol. The van der Waals surface area contributed by atoms with Gasteiger partial charge in [-0.3, -0.25) is 37.3 Å². The number of hydrogen-bond acceptors (Lipinski definition) is 15. The van der Waals surface area contributed by atoms with E-state index in [9.17, 15) is 43.2 Å². The summed E-state index contributed by atoms with van der Waals surface area (Å²) in [5, 5.41) is 10.6. The van der Waals surface area contributed by atoms with Gasteiger partial charge in [0.15, 0.2) is 12.2 Å². The van der Waals surface area contributed by atoms with E-state index >= 15 is 0 Å². The first-order chi connectivity index (χ1) is 44.1. The number of esters is 4. The van der Waals surface area contributed by atoms with E-state index in [1.54, 1.807) is 0 Å². The van der Waals surface area contributed by atoms with Gasteiger partial charge in [-0.2, -0.15) is 0 Å². The van der Waals surface area contributed by atoms with Crippen molar-refractivity contribution in [1.29, 1.82) is 0 Å². The molecule has 0 fully saturated rings. The zero-order chi connectivity index (χ0) is 68.2. The summed E-state index contributed by atoms with van der Waals surface area (Å²) in [6.07, 6.45) is 45.9. The molecule has 3 unspecified atom stereocenters. The summed E-state index contributed by atoms with van der Waals surface area (Å²) in [4.78, 5) is 72.7.